The van der Waals surface area contributed by atoms with Crippen LogP contribution in [0.5, 0.6) is 11.5 Å². The van der Waals surface area contributed by atoms with Gasteiger partial charge in [-0.05, 0) is 41.1 Å². The van der Waals surface area contributed by atoms with Crippen LogP contribution < -0.4 is 9.47 Å². The molecule has 29 heavy (non-hydrogen) atoms. The fourth-order valence-corrected chi connectivity index (χ4v) is 3.35. The van der Waals surface area contributed by atoms with Gasteiger partial charge in [-0.3, -0.25) is 4.79 Å². The minimum Gasteiger partial charge on any atom is -0.493 e. The lowest BCUT2D eigenvalue weighted by Gasteiger charge is -2.14. The molecule has 0 radical (unpaired) electrons. The number of carbonyl (C=O) groups is 1. The van der Waals surface area contributed by atoms with Gasteiger partial charge in [-0.15, -0.1) is 5.10 Å². The molecule has 1 aromatic heterocycles. The SMILES string of the molecule is COc1cc(C(C)=O)ccc1OCC(O)CSc1nnnn1Cc1ccccc1. The largest absolute Gasteiger partial charge is 0.493 e. The van der Waals surface area contributed by atoms with Crippen molar-refractivity contribution in [2.24, 2.45) is 0 Å². The van der Waals surface area contributed by atoms with Crippen molar-refractivity contribution >= 4 is 17.5 Å². The number of aromatic nitrogens is 4. The molecule has 0 bridgehead atoms. The number of aliphatic hydroxyl groups is 1. The van der Waals surface area contributed by atoms with Gasteiger partial charge in [0, 0.05) is 11.3 Å². The molecule has 1 heterocycles. The molecule has 9 heteroatoms. The van der Waals surface area contributed by atoms with Crippen molar-refractivity contribution in [1.82, 2.24) is 20.2 Å². The number of ether oxygens (including phenoxy) is 2. The van der Waals surface area contributed by atoms with Gasteiger partial charge in [-0.1, -0.05) is 42.1 Å². The summed E-state index contributed by atoms with van der Waals surface area (Å²) in [5.41, 5.74) is 1.63. The van der Waals surface area contributed by atoms with Crippen LogP contribution in [0.15, 0.2) is 53.7 Å². The third-order valence-electron chi connectivity index (χ3n) is 4.08. The van der Waals surface area contributed by atoms with Gasteiger partial charge in [0.1, 0.15) is 6.61 Å². The van der Waals surface area contributed by atoms with Crippen LogP contribution >= 0.6 is 11.8 Å². The van der Waals surface area contributed by atoms with E-state index in [-0.39, 0.29) is 12.4 Å². The second-order valence-corrected chi connectivity index (χ2v) is 7.29. The van der Waals surface area contributed by atoms with E-state index in [1.54, 1.807) is 22.9 Å². The third kappa shape index (κ3) is 5.78. The van der Waals surface area contributed by atoms with Gasteiger partial charge in [0.05, 0.1) is 19.8 Å². The molecule has 1 N–H and O–H groups in total. The molecule has 1 unspecified atom stereocenters. The highest BCUT2D eigenvalue weighted by atomic mass is 32.2. The zero-order valence-electron chi connectivity index (χ0n) is 16.2. The van der Waals surface area contributed by atoms with Crippen molar-refractivity contribution in [1.29, 1.82) is 0 Å². The predicted octanol–water partition coefficient (Wildman–Crippen LogP) is 2.46. The predicted molar refractivity (Wildman–Crippen MR) is 109 cm³/mol. The van der Waals surface area contributed by atoms with E-state index in [1.165, 1.54) is 25.8 Å². The molecule has 3 rings (SSSR count). The molecule has 0 aliphatic heterocycles. The fourth-order valence-electron chi connectivity index (χ4n) is 2.57. The molecule has 0 fully saturated rings. The fraction of sp³-hybridized carbons (Fsp3) is 0.300. The molecule has 152 valence electrons. The summed E-state index contributed by atoms with van der Waals surface area (Å²) >= 11 is 1.35. The molecule has 0 amide bonds. The summed E-state index contributed by atoms with van der Waals surface area (Å²) in [4.78, 5) is 11.5. The van der Waals surface area contributed by atoms with E-state index in [2.05, 4.69) is 15.5 Å². The van der Waals surface area contributed by atoms with Crippen LogP contribution in [0.25, 0.3) is 0 Å². The number of tetrazole rings is 1. The zero-order chi connectivity index (χ0) is 20.6. The summed E-state index contributed by atoms with van der Waals surface area (Å²) in [7, 11) is 1.50. The molecule has 0 aliphatic carbocycles. The maximum absolute atomic E-state index is 11.5. The Bertz CT molecular complexity index is 949. The number of ketones is 1. The number of hydrogen-bond acceptors (Lipinski definition) is 8. The quantitative estimate of drug-likeness (QED) is 0.399. The normalized spacial score (nSPS) is 11.8. The number of hydrogen-bond donors (Lipinski definition) is 1. The first-order valence-electron chi connectivity index (χ1n) is 8.99. The molecule has 0 aliphatic rings. The van der Waals surface area contributed by atoms with Gasteiger partial charge in [-0.2, -0.15) is 0 Å². The number of nitrogens with zero attached hydrogens (tertiary/aromatic N) is 4. The summed E-state index contributed by atoms with van der Waals surface area (Å²) in [5, 5.41) is 22.6. The Morgan fingerprint density at radius 1 is 1.21 bits per heavy atom. The summed E-state index contributed by atoms with van der Waals surface area (Å²) < 4.78 is 12.6. The second-order valence-electron chi connectivity index (χ2n) is 6.30. The monoisotopic (exact) mass is 414 g/mol. The highest BCUT2D eigenvalue weighted by molar-refractivity contribution is 7.99. The Morgan fingerprint density at radius 2 is 2.00 bits per heavy atom. The summed E-state index contributed by atoms with van der Waals surface area (Å²) in [6.07, 6.45) is -0.737. The molecule has 3 aromatic rings. The molecule has 2 aromatic carbocycles. The molecule has 0 saturated carbocycles. The first kappa shape index (κ1) is 20.8. The van der Waals surface area contributed by atoms with Crippen LogP contribution in [0.3, 0.4) is 0 Å². The van der Waals surface area contributed by atoms with Crippen molar-refractivity contribution in [2.45, 2.75) is 24.7 Å². The number of carbonyl (C=O) groups excluding carboxylic acids is 1. The van der Waals surface area contributed by atoms with Gasteiger partial charge in [0.15, 0.2) is 17.3 Å². The van der Waals surface area contributed by atoms with Crippen molar-refractivity contribution in [3.63, 3.8) is 0 Å². The van der Waals surface area contributed by atoms with Crippen molar-refractivity contribution in [3.05, 3.63) is 59.7 Å². The van der Waals surface area contributed by atoms with Gasteiger partial charge < -0.3 is 14.6 Å². The van der Waals surface area contributed by atoms with E-state index in [1.807, 2.05) is 30.3 Å². The van der Waals surface area contributed by atoms with E-state index in [9.17, 15) is 9.90 Å². The van der Waals surface area contributed by atoms with Crippen LogP contribution in [-0.4, -0.2) is 56.7 Å². The van der Waals surface area contributed by atoms with Crippen molar-refractivity contribution in [3.8, 4) is 11.5 Å². The van der Waals surface area contributed by atoms with Gasteiger partial charge in [0.2, 0.25) is 5.16 Å². The topological polar surface area (TPSA) is 99.4 Å². The third-order valence-corrected chi connectivity index (χ3v) is 5.18. The smallest absolute Gasteiger partial charge is 0.209 e. The van der Waals surface area contributed by atoms with E-state index < -0.39 is 6.10 Å². The van der Waals surface area contributed by atoms with Gasteiger partial charge >= 0.3 is 0 Å². The molecule has 0 saturated heterocycles. The Hall–Kier alpha value is -2.91. The van der Waals surface area contributed by atoms with Crippen LogP contribution in [-0.2, 0) is 6.54 Å². The van der Waals surface area contributed by atoms with E-state index in [4.69, 9.17) is 9.47 Å². The van der Waals surface area contributed by atoms with E-state index in [0.29, 0.717) is 34.5 Å². The number of benzene rings is 2. The minimum atomic E-state index is -0.737. The van der Waals surface area contributed by atoms with E-state index >= 15 is 0 Å². The summed E-state index contributed by atoms with van der Waals surface area (Å²) in [6.45, 7) is 2.12. The standard InChI is InChI=1S/C20H22N4O4S/c1-14(25)16-8-9-18(19(10-16)27-2)28-12-17(26)13-29-20-21-22-23-24(20)11-15-6-4-3-5-7-15/h3-10,17,26H,11-13H2,1-2H3. The average molecular weight is 414 g/mol. The van der Waals surface area contributed by atoms with Gasteiger partial charge in [-0.25, -0.2) is 4.68 Å². The Labute approximate surface area is 172 Å². The Balaban J connectivity index is 1.53. The summed E-state index contributed by atoms with van der Waals surface area (Å²) in [5.74, 6) is 1.22. The Morgan fingerprint density at radius 3 is 2.72 bits per heavy atom. The number of Topliss-reactive ketones (excluding diaryl/α,β-unsaturated/α-hetero) is 1. The van der Waals surface area contributed by atoms with Crippen LogP contribution in [0.1, 0.15) is 22.8 Å². The lowest BCUT2D eigenvalue weighted by atomic mass is 10.1. The first-order valence-corrected chi connectivity index (χ1v) is 9.98. The molecular weight excluding hydrogens is 392 g/mol. The molecule has 0 spiro atoms. The van der Waals surface area contributed by atoms with Crippen molar-refractivity contribution < 1.29 is 19.4 Å². The van der Waals surface area contributed by atoms with Crippen LogP contribution in [0.4, 0.5) is 0 Å². The number of thioether (sulfide) groups is 1. The molecule has 8 nitrogen and oxygen atoms in total. The maximum atomic E-state index is 11.5. The van der Waals surface area contributed by atoms with Crippen molar-refractivity contribution in [2.75, 3.05) is 19.5 Å². The molecule has 1 atom stereocenters. The van der Waals surface area contributed by atoms with Crippen LogP contribution in [0, 0.1) is 0 Å². The average Bonchev–Trinajstić information content (AvgIpc) is 3.18. The number of methoxy groups -OCH3 is 1. The van der Waals surface area contributed by atoms with Crippen LogP contribution in [0.2, 0.25) is 0 Å². The lowest BCUT2D eigenvalue weighted by Crippen LogP contribution is -2.20. The first-order chi connectivity index (χ1) is 14.1. The maximum Gasteiger partial charge on any atom is 0.209 e. The second kappa shape index (κ2) is 10.0. The number of aliphatic hydroxyl groups excluding tert-OH is 1. The number of rotatable bonds is 10. The highest BCUT2D eigenvalue weighted by Gasteiger charge is 2.14. The zero-order valence-corrected chi connectivity index (χ0v) is 17.0. The van der Waals surface area contributed by atoms with E-state index in [0.717, 1.165) is 5.56 Å². The van der Waals surface area contributed by atoms with Gasteiger partial charge in [0.25, 0.3) is 0 Å². The Kier molecular flexibility index (Phi) is 7.20. The lowest BCUT2D eigenvalue weighted by molar-refractivity contribution is 0.101. The minimum absolute atomic E-state index is 0.0560. The molecular formula is C20H22N4O4S. The highest BCUT2D eigenvalue weighted by Crippen LogP contribution is 2.28. The summed E-state index contributed by atoms with van der Waals surface area (Å²) in [6, 6.07) is 14.8.